The molecule has 0 saturated heterocycles. The Hall–Kier alpha value is -1.36. The Labute approximate surface area is 138 Å². The largest absolute Gasteiger partial charge is 0.312 e. The minimum Gasteiger partial charge on any atom is -0.312 e. The molecule has 4 rings (SSSR count). The van der Waals surface area contributed by atoms with Crippen molar-refractivity contribution in [3.05, 3.63) is 62.7 Å². The van der Waals surface area contributed by atoms with Crippen molar-refractivity contribution in [1.82, 2.24) is 0 Å². The summed E-state index contributed by atoms with van der Waals surface area (Å²) in [7, 11) is 0. The maximum absolute atomic E-state index is 12.4. The smallest absolute Gasteiger partial charge is 0.227 e. The zero-order chi connectivity index (χ0) is 14.4. The molecule has 3 heteroatoms. The van der Waals surface area contributed by atoms with Crippen LogP contribution >= 0.6 is 22.6 Å². The van der Waals surface area contributed by atoms with Crippen LogP contribution in [0.4, 0.5) is 5.69 Å². The van der Waals surface area contributed by atoms with Crippen molar-refractivity contribution < 1.29 is 4.79 Å². The van der Waals surface area contributed by atoms with Crippen molar-refractivity contribution in [2.75, 3.05) is 11.4 Å². The second-order valence-electron chi connectivity index (χ2n) is 5.88. The minimum absolute atomic E-state index is 0.271. The van der Waals surface area contributed by atoms with Gasteiger partial charge in [-0.05, 0) is 70.3 Å². The van der Waals surface area contributed by atoms with Crippen molar-refractivity contribution >= 4 is 34.2 Å². The van der Waals surface area contributed by atoms with E-state index in [1.54, 1.807) is 0 Å². The molecule has 1 aliphatic carbocycles. The van der Waals surface area contributed by atoms with E-state index in [9.17, 15) is 4.79 Å². The van der Waals surface area contributed by atoms with Crippen LogP contribution in [0.25, 0.3) is 0 Å². The topological polar surface area (TPSA) is 20.3 Å². The molecule has 1 unspecified atom stereocenters. The first-order chi connectivity index (χ1) is 10.2. The number of rotatable bonds is 2. The summed E-state index contributed by atoms with van der Waals surface area (Å²) < 4.78 is 1.25. The fourth-order valence-electron chi connectivity index (χ4n) is 3.47. The highest BCUT2D eigenvalue weighted by atomic mass is 127. The van der Waals surface area contributed by atoms with Crippen LogP contribution in [0, 0.1) is 3.57 Å². The van der Waals surface area contributed by atoms with Crippen molar-refractivity contribution in [2.24, 2.45) is 0 Å². The minimum atomic E-state index is 0.271. The molecule has 0 N–H and O–H groups in total. The molecule has 0 bridgehead atoms. The molecule has 0 fully saturated rings. The van der Waals surface area contributed by atoms with E-state index in [1.165, 1.54) is 20.3 Å². The van der Waals surface area contributed by atoms with Crippen molar-refractivity contribution in [1.29, 1.82) is 0 Å². The van der Waals surface area contributed by atoms with E-state index >= 15 is 0 Å². The third-order valence-corrected chi connectivity index (χ3v) is 5.28. The number of amides is 1. The van der Waals surface area contributed by atoms with Gasteiger partial charge in [-0.2, -0.15) is 0 Å². The second kappa shape index (κ2) is 5.13. The van der Waals surface area contributed by atoms with E-state index in [2.05, 4.69) is 65.1 Å². The Balaban J connectivity index is 1.63. The van der Waals surface area contributed by atoms with E-state index in [4.69, 9.17) is 0 Å². The van der Waals surface area contributed by atoms with E-state index in [0.717, 1.165) is 25.1 Å². The summed E-state index contributed by atoms with van der Waals surface area (Å²) in [5.74, 6) is 0.767. The third-order valence-electron chi connectivity index (χ3n) is 4.61. The van der Waals surface area contributed by atoms with Gasteiger partial charge in [-0.3, -0.25) is 4.79 Å². The van der Waals surface area contributed by atoms with Gasteiger partial charge in [-0.25, -0.2) is 0 Å². The van der Waals surface area contributed by atoms with Gasteiger partial charge in [0.2, 0.25) is 5.91 Å². The van der Waals surface area contributed by atoms with Gasteiger partial charge in [0.25, 0.3) is 0 Å². The number of carbonyl (C=O) groups is 1. The van der Waals surface area contributed by atoms with Crippen LogP contribution in [0.15, 0.2) is 42.5 Å². The lowest BCUT2D eigenvalue weighted by atomic mass is 9.77. The van der Waals surface area contributed by atoms with Gasteiger partial charge in [-0.15, -0.1) is 0 Å². The number of fused-ring (bicyclic) bond motifs is 2. The van der Waals surface area contributed by atoms with Crippen molar-refractivity contribution in [3.63, 3.8) is 0 Å². The maximum Gasteiger partial charge on any atom is 0.227 e. The standard InChI is InChI=1S/C18H16INO/c19-15-6-7-17-13(10-15)5-8-18(21)20(17)11-14-9-12-3-1-2-4-16(12)14/h1-4,6-7,10,14H,5,8-9,11H2. The average molecular weight is 389 g/mol. The number of hydrogen-bond donors (Lipinski definition) is 0. The highest BCUT2D eigenvalue weighted by Gasteiger charge is 2.32. The molecule has 2 aromatic carbocycles. The monoisotopic (exact) mass is 389 g/mol. The van der Waals surface area contributed by atoms with E-state index in [1.807, 2.05) is 4.90 Å². The van der Waals surface area contributed by atoms with Gasteiger partial charge in [0.05, 0.1) is 0 Å². The number of aryl methyl sites for hydroxylation is 1. The van der Waals surface area contributed by atoms with Crippen LogP contribution in [-0.4, -0.2) is 12.5 Å². The summed E-state index contributed by atoms with van der Waals surface area (Å²) in [6.45, 7) is 0.823. The summed E-state index contributed by atoms with van der Waals surface area (Å²) >= 11 is 2.34. The molecule has 1 aliphatic heterocycles. The normalized spacial score (nSPS) is 19.8. The lowest BCUT2D eigenvalue weighted by molar-refractivity contribution is -0.119. The molecule has 1 heterocycles. The Morgan fingerprint density at radius 1 is 1.10 bits per heavy atom. The number of hydrogen-bond acceptors (Lipinski definition) is 1. The lowest BCUT2D eigenvalue weighted by Crippen LogP contribution is -2.40. The number of anilines is 1. The molecule has 106 valence electrons. The second-order valence-corrected chi connectivity index (χ2v) is 7.12. The summed E-state index contributed by atoms with van der Waals surface area (Å²) in [5, 5.41) is 0. The first-order valence-electron chi connectivity index (χ1n) is 7.39. The molecule has 0 spiro atoms. The Morgan fingerprint density at radius 3 is 2.81 bits per heavy atom. The predicted molar refractivity (Wildman–Crippen MR) is 92.7 cm³/mol. The number of benzene rings is 2. The van der Waals surface area contributed by atoms with Crippen LogP contribution < -0.4 is 4.90 Å². The zero-order valence-corrected chi connectivity index (χ0v) is 13.8. The molecule has 1 atom stereocenters. The average Bonchev–Trinajstić information content (AvgIpc) is 2.46. The highest BCUT2D eigenvalue weighted by molar-refractivity contribution is 14.1. The van der Waals surface area contributed by atoms with Crippen LogP contribution in [-0.2, 0) is 17.6 Å². The quantitative estimate of drug-likeness (QED) is 0.714. The summed E-state index contributed by atoms with van der Waals surface area (Å²) in [6.07, 6.45) is 2.61. The van der Waals surface area contributed by atoms with E-state index < -0.39 is 0 Å². The third kappa shape index (κ3) is 2.27. The summed E-state index contributed by atoms with van der Waals surface area (Å²) in [5.41, 5.74) is 5.29. The Bertz CT molecular complexity index is 725. The molecule has 0 aromatic heterocycles. The molecule has 0 radical (unpaired) electrons. The Kier molecular flexibility index (Phi) is 3.25. The van der Waals surface area contributed by atoms with E-state index in [0.29, 0.717) is 12.3 Å². The molecule has 2 nitrogen and oxygen atoms in total. The molecule has 2 aliphatic rings. The van der Waals surface area contributed by atoms with Gasteiger partial charge in [0.1, 0.15) is 0 Å². The number of nitrogens with zero attached hydrogens (tertiary/aromatic N) is 1. The number of halogens is 1. The highest BCUT2D eigenvalue weighted by Crippen LogP contribution is 2.38. The fraction of sp³-hybridized carbons (Fsp3) is 0.278. The molecule has 0 saturated carbocycles. The van der Waals surface area contributed by atoms with E-state index in [-0.39, 0.29) is 5.91 Å². The molecular weight excluding hydrogens is 373 g/mol. The van der Waals surface area contributed by atoms with Gasteiger partial charge < -0.3 is 4.90 Å². The predicted octanol–water partition coefficient (Wildman–Crippen LogP) is 3.91. The molecular formula is C18H16INO. The van der Waals surface area contributed by atoms with Crippen LogP contribution in [0.3, 0.4) is 0 Å². The zero-order valence-electron chi connectivity index (χ0n) is 11.7. The van der Waals surface area contributed by atoms with Gasteiger partial charge in [0, 0.05) is 28.1 Å². The van der Waals surface area contributed by atoms with Crippen LogP contribution in [0.2, 0.25) is 0 Å². The van der Waals surface area contributed by atoms with Gasteiger partial charge in [-0.1, -0.05) is 24.3 Å². The molecule has 21 heavy (non-hydrogen) atoms. The molecule has 1 amide bonds. The summed E-state index contributed by atoms with van der Waals surface area (Å²) in [6, 6.07) is 15.0. The Morgan fingerprint density at radius 2 is 1.95 bits per heavy atom. The first kappa shape index (κ1) is 13.3. The summed E-state index contributed by atoms with van der Waals surface area (Å²) in [4.78, 5) is 14.4. The fourth-order valence-corrected chi connectivity index (χ4v) is 4.03. The van der Waals surface area contributed by atoms with Crippen molar-refractivity contribution in [3.8, 4) is 0 Å². The SMILES string of the molecule is O=C1CCc2cc(I)ccc2N1CC1Cc2ccccc21. The maximum atomic E-state index is 12.4. The van der Waals surface area contributed by atoms with Crippen LogP contribution in [0.5, 0.6) is 0 Å². The number of carbonyl (C=O) groups excluding carboxylic acids is 1. The van der Waals surface area contributed by atoms with Crippen LogP contribution in [0.1, 0.15) is 29.0 Å². The van der Waals surface area contributed by atoms with Gasteiger partial charge in [0.15, 0.2) is 0 Å². The first-order valence-corrected chi connectivity index (χ1v) is 8.47. The van der Waals surface area contributed by atoms with Crippen molar-refractivity contribution in [2.45, 2.75) is 25.2 Å². The van der Waals surface area contributed by atoms with Gasteiger partial charge >= 0.3 is 0 Å². The molecule has 2 aromatic rings. The lowest BCUT2D eigenvalue weighted by Gasteiger charge is -2.37.